The standard InChI is InChI=1S/C17H23N3O3.ClH/c21-16-6-3-8-20(16)11-14-5-2-1-4-13(14)10-19-17(22)15-12-23-9-7-18-15;/h1-2,4-5,15,18H,3,6-12H2,(H,19,22);1H. The highest BCUT2D eigenvalue weighted by atomic mass is 35.5. The van der Waals surface area contributed by atoms with Gasteiger partial charge in [-0.05, 0) is 17.5 Å². The van der Waals surface area contributed by atoms with E-state index in [4.69, 9.17) is 4.74 Å². The average Bonchev–Trinajstić information content (AvgIpc) is 2.99. The topological polar surface area (TPSA) is 70.7 Å². The highest BCUT2D eigenvalue weighted by Crippen LogP contribution is 2.17. The Morgan fingerprint density at radius 2 is 2.12 bits per heavy atom. The van der Waals surface area contributed by atoms with Crippen LogP contribution in [0.5, 0.6) is 0 Å². The molecule has 2 N–H and O–H groups in total. The molecule has 2 heterocycles. The smallest absolute Gasteiger partial charge is 0.239 e. The number of hydrogen-bond acceptors (Lipinski definition) is 4. The van der Waals surface area contributed by atoms with Crippen molar-refractivity contribution < 1.29 is 14.3 Å². The Morgan fingerprint density at radius 3 is 2.79 bits per heavy atom. The fourth-order valence-electron chi connectivity index (χ4n) is 3.00. The van der Waals surface area contributed by atoms with Crippen molar-refractivity contribution in [3.8, 4) is 0 Å². The molecule has 1 aromatic rings. The van der Waals surface area contributed by atoms with E-state index in [2.05, 4.69) is 10.6 Å². The summed E-state index contributed by atoms with van der Waals surface area (Å²) in [6, 6.07) is 7.67. The fourth-order valence-corrected chi connectivity index (χ4v) is 3.00. The van der Waals surface area contributed by atoms with Gasteiger partial charge in [0, 0.05) is 32.6 Å². The van der Waals surface area contributed by atoms with Crippen LogP contribution >= 0.6 is 12.4 Å². The molecule has 2 aliphatic heterocycles. The summed E-state index contributed by atoms with van der Waals surface area (Å²) in [7, 11) is 0. The molecule has 0 bridgehead atoms. The van der Waals surface area contributed by atoms with Crippen LogP contribution in [0.1, 0.15) is 24.0 Å². The summed E-state index contributed by atoms with van der Waals surface area (Å²) < 4.78 is 5.31. The van der Waals surface area contributed by atoms with Gasteiger partial charge in [-0.3, -0.25) is 9.59 Å². The van der Waals surface area contributed by atoms with Gasteiger partial charge >= 0.3 is 0 Å². The van der Waals surface area contributed by atoms with Crippen LogP contribution in [0.2, 0.25) is 0 Å². The van der Waals surface area contributed by atoms with Gasteiger partial charge in [0.05, 0.1) is 13.2 Å². The highest BCUT2D eigenvalue weighted by molar-refractivity contribution is 5.85. The number of carbonyl (C=O) groups excluding carboxylic acids is 2. The van der Waals surface area contributed by atoms with Gasteiger partial charge in [-0.1, -0.05) is 24.3 Å². The number of nitrogens with zero attached hydrogens (tertiary/aromatic N) is 1. The first-order chi connectivity index (χ1) is 11.2. The maximum Gasteiger partial charge on any atom is 0.239 e. The molecule has 2 aliphatic rings. The number of rotatable bonds is 5. The lowest BCUT2D eigenvalue weighted by Crippen LogP contribution is -2.51. The van der Waals surface area contributed by atoms with Crippen molar-refractivity contribution >= 4 is 24.2 Å². The maximum absolute atomic E-state index is 12.2. The number of carbonyl (C=O) groups is 2. The van der Waals surface area contributed by atoms with E-state index in [0.29, 0.717) is 39.3 Å². The van der Waals surface area contributed by atoms with Crippen molar-refractivity contribution in [2.45, 2.75) is 32.0 Å². The summed E-state index contributed by atoms with van der Waals surface area (Å²) in [6.45, 7) is 3.67. The van der Waals surface area contributed by atoms with Crippen molar-refractivity contribution in [3.05, 3.63) is 35.4 Å². The predicted octanol–water partition coefficient (Wildman–Crippen LogP) is 0.835. The number of morpholine rings is 1. The molecule has 0 saturated carbocycles. The molecule has 1 unspecified atom stereocenters. The third-order valence-electron chi connectivity index (χ3n) is 4.34. The van der Waals surface area contributed by atoms with E-state index in [0.717, 1.165) is 24.1 Å². The molecule has 2 saturated heterocycles. The SMILES string of the molecule is Cl.O=C(NCc1ccccc1CN1CCCC1=O)C1COCCN1. The Bertz CT molecular complexity index is 576. The summed E-state index contributed by atoms with van der Waals surface area (Å²) in [4.78, 5) is 25.8. The van der Waals surface area contributed by atoms with E-state index in [1.807, 2.05) is 29.2 Å². The molecule has 2 fully saturated rings. The zero-order chi connectivity index (χ0) is 16.1. The van der Waals surface area contributed by atoms with E-state index in [9.17, 15) is 9.59 Å². The van der Waals surface area contributed by atoms with Gasteiger partial charge < -0.3 is 20.3 Å². The van der Waals surface area contributed by atoms with Crippen molar-refractivity contribution in [2.24, 2.45) is 0 Å². The average molecular weight is 354 g/mol. The third-order valence-corrected chi connectivity index (χ3v) is 4.34. The lowest BCUT2D eigenvalue weighted by Gasteiger charge is -2.23. The Kier molecular flexibility index (Phi) is 7.02. The molecule has 2 amide bonds. The summed E-state index contributed by atoms with van der Waals surface area (Å²) in [5, 5.41) is 6.10. The lowest BCUT2D eigenvalue weighted by molar-refractivity contribution is -0.128. The summed E-state index contributed by atoms with van der Waals surface area (Å²) >= 11 is 0. The molecule has 0 radical (unpaired) electrons. The van der Waals surface area contributed by atoms with E-state index in [1.165, 1.54) is 0 Å². The van der Waals surface area contributed by atoms with Crippen molar-refractivity contribution in [1.29, 1.82) is 0 Å². The molecule has 0 aromatic heterocycles. The van der Waals surface area contributed by atoms with E-state index < -0.39 is 0 Å². The van der Waals surface area contributed by atoms with Gasteiger partial charge in [0.2, 0.25) is 11.8 Å². The Labute approximate surface area is 148 Å². The molecule has 132 valence electrons. The lowest BCUT2D eigenvalue weighted by atomic mass is 10.1. The van der Waals surface area contributed by atoms with E-state index >= 15 is 0 Å². The zero-order valence-electron chi connectivity index (χ0n) is 13.6. The molecule has 1 aromatic carbocycles. The quantitative estimate of drug-likeness (QED) is 0.822. The van der Waals surface area contributed by atoms with Gasteiger partial charge in [-0.2, -0.15) is 0 Å². The number of likely N-dealkylation sites (tertiary alicyclic amines) is 1. The van der Waals surface area contributed by atoms with Crippen LogP contribution in [0, 0.1) is 0 Å². The predicted molar refractivity (Wildman–Crippen MR) is 92.8 cm³/mol. The van der Waals surface area contributed by atoms with Gasteiger partial charge in [-0.15, -0.1) is 12.4 Å². The van der Waals surface area contributed by atoms with Crippen molar-refractivity contribution in [3.63, 3.8) is 0 Å². The second-order valence-electron chi connectivity index (χ2n) is 5.99. The number of benzene rings is 1. The summed E-state index contributed by atoms with van der Waals surface area (Å²) in [5.74, 6) is 0.171. The first-order valence-corrected chi connectivity index (χ1v) is 8.17. The van der Waals surface area contributed by atoms with Gasteiger partial charge in [0.15, 0.2) is 0 Å². The Balaban J connectivity index is 0.00000208. The van der Waals surface area contributed by atoms with Crippen LogP contribution in [-0.2, 0) is 27.4 Å². The minimum Gasteiger partial charge on any atom is -0.378 e. The number of hydrogen-bond donors (Lipinski definition) is 2. The number of amides is 2. The minimum atomic E-state index is -0.281. The van der Waals surface area contributed by atoms with Gasteiger partial charge in [0.25, 0.3) is 0 Å². The second kappa shape index (κ2) is 9.01. The third kappa shape index (κ3) is 4.69. The summed E-state index contributed by atoms with van der Waals surface area (Å²) in [5.41, 5.74) is 2.15. The van der Waals surface area contributed by atoms with Crippen molar-refractivity contribution in [2.75, 3.05) is 26.3 Å². The van der Waals surface area contributed by atoms with E-state index in [1.54, 1.807) is 0 Å². The zero-order valence-corrected chi connectivity index (χ0v) is 14.4. The van der Waals surface area contributed by atoms with Crippen LogP contribution in [0.25, 0.3) is 0 Å². The molecule has 0 spiro atoms. The molecule has 3 rings (SSSR count). The van der Waals surface area contributed by atoms with Gasteiger partial charge in [-0.25, -0.2) is 0 Å². The van der Waals surface area contributed by atoms with E-state index in [-0.39, 0.29) is 30.3 Å². The molecule has 6 nitrogen and oxygen atoms in total. The van der Waals surface area contributed by atoms with Gasteiger partial charge in [0.1, 0.15) is 6.04 Å². The fraction of sp³-hybridized carbons (Fsp3) is 0.529. The van der Waals surface area contributed by atoms with Crippen LogP contribution in [0.3, 0.4) is 0 Å². The number of nitrogens with one attached hydrogen (secondary N) is 2. The highest BCUT2D eigenvalue weighted by Gasteiger charge is 2.22. The Morgan fingerprint density at radius 1 is 1.33 bits per heavy atom. The first-order valence-electron chi connectivity index (χ1n) is 8.17. The normalized spacial score (nSPS) is 20.6. The van der Waals surface area contributed by atoms with Crippen LogP contribution < -0.4 is 10.6 Å². The monoisotopic (exact) mass is 353 g/mol. The Hall–Kier alpha value is -1.63. The number of halogens is 1. The molecular weight excluding hydrogens is 330 g/mol. The molecule has 0 aliphatic carbocycles. The molecule has 7 heteroatoms. The summed E-state index contributed by atoms with van der Waals surface area (Å²) in [6.07, 6.45) is 1.58. The van der Waals surface area contributed by atoms with Crippen LogP contribution in [0.4, 0.5) is 0 Å². The van der Waals surface area contributed by atoms with Crippen molar-refractivity contribution in [1.82, 2.24) is 15.5 Å². The first kappa shape index (κ1) is 18.7. The maximum atomic E-state index is 12.2. The van der Waals surface area contributed by atoms with Crippen LogP contribution in [0.15, 0.2) is 24.3 Å². The number of ether oxygens (including phenoxy) is 1. The van der Waals surface area contributed by atoms with Crippen LogP contribution in [-0.4, -0.2) is 49.1 Å². The molecule has 1 atom stereocenters. The molecule has 24 heavy (non-hydrogen) atoms. The molecular formula is C17H24ClN3O3. The largest absolute Gasteiger partial charge is 0.378 e. The minimum absolute atomic E-state index is 0. The second-order valence-corrected chi connectivity index (χ2v) is 5.99.